The van der Waals surface area contributed by atoms with Crippen LogP contribution in [0.25, 0.3) is 0 Å². The van der Waals surface area contributed by atoms with Crippen molar-refractivity contribution >= 4 is 0 Å². The molecule has 1 aliphatic rings. The predicted octanol–water partition coefficient (Wildman–Crippen LogP) is 2.95. The first kappa shape index (κ1) is 16.3. The van der Waals surface area contributed by atoms with E-state index >= 15 is 0 Å². The van der Waals surface area contributed by atoms with Crippen LogP contribution in [0.15, 0.2) is 24.3 Å². The van der Waals surface area contributed by atoms with Crippen molar-refractivity contribution in [1.82, 2.24) is 10.2 Å². The quantitative estimate of drug-likeness (QED) is 0.835. The van der Waals surface area contributed by atoms with Gasteiger partial charge in [-0.25, -0.2) is 0 Å². The Balaban J connectivity index is 1.68. The van der Waals surface area contributed by atoms with Gasteiger partial charge in [0.2, 0.25) is 0 Å². The molecule has 1 aliphatic heterocycles. The summed E-state index contributed by atoms with van der Waals surface area (Å²) in [7, 11) is 1.71. The molecule has 3 heteroatoms. The molecule has 1 aromatic carbocycles. The average Bonchev–Trinajstić information content (AvgIpc) is 2.54. The smallest absolute Gasteiger partial charge is 0.118 e. The molecule has 0 amide bonds. The van der Waals surface area contributed by atoms with Crippen molar-refractivity contribution in [3.05, 3.63) is 29.8 Å². The van der Waals surface area contributed by atoms with E-state index in [0.717, 1.165) is 24.6 Å². The second kappa shape index (κ2) is 8.40. The van der Waals surface area contributed by atoms with Gasteiger partial charge in [-0.1, -0.05) is 19.1 Å². The molecule has 0 spiro atoms. The zero-order valence-corrected chi connectivity index (χ0v) is 13.8. The normalized spacial score (nSPS) is 18.6. The number of ether oxygens (including phenoxy) is 1. The molecule has 1 saturated heterocycles. The van der Waals surface area contributed by atoms with E-state index in [-0.39, 0.29) is 0 Å². The Kier molecular flexibility index (Phi) is 6.52. The van der Waals surface area contributed by atoms with Crippen molar-refractivity contribution in [2.75, 3.05) is 33.3 Å². The van der Waals surface area contributed by atoms with Crippen LogP contribution in [-0.4, -0.2) is 44.2 Å². The maximum absolute atomic E-state index is 5.20. The predicted molar refractivity (Wildman–Crippen MR) is 89.0 cm³/mol. The molecule has 0 bridgehead atoms. The summed E-state index contributed by atoms with van der Waals surface area (Å²) in [6.45, 7) is 9.45. The zero-order valence-electron chi connectivity index (χ0n) is 13.8. The van der Waals surface area contributed by atoms with E-state index in [1.165, 1.54) is 38.0 Å². The van der Waals surface area contributed by atoms with Crippen LogP contribution >= 0.6 is 0 Å². The average molecular weight is 290 g/mol. The summed E-state index contributed by atoms with van der Waals surface area (Å²) in [5.74, 6) is 1.79. The molecular weight excluding hydrogens is 260 g/mol. The highest BCUT2D eigenvalue weighted by atomic mass is 16.5. The Morgan fingerprint density at radius 3 is 2.48 bits per heavy atom. The number of methoxy groups -OCH3 is 1. The van der Waals surface area contributed by atoms with Crippen molar-refractivity contribution in [3.63, 3.8) is 0 Å². The van der Waals surface area contributed by atoms with Gasteiger partial charge >= 0.3 is 0 Å². The molecule has 1 atom stereocenters. The van der Waals surface area contributed by atoms with Gasteiger partial charge < -0.3 is 15.0 Å². The molecule has 0 aliphatic carbocycles. The molecule has 1 heterocycles. The first-order valence-corrected chi connectivity index (χ1v) is 8.30. The largest absolute Gasteiger partial charge is 0.497 e. The van der Waals surface area contributed by atoms with E-state index in [0.29, 0.717) is 6.04 Å². The van der Waals surface area contributed by atoms with Crippen molar-refractivity contribution in [1.29, 1.82) is 0 Å². The first-order valence-electron chi connectivity index (χ1n) is 8.30. The van der Waals surface area contributed by atoms with Crippen molar-refractivity contribution in [3.8, 4) is 5.75 Å². The minimum absolute atomic E-state index is 0.530. The van der Waals surface area contributed by atoms with E-state index in [2.05, 4.69) is 36.2 Å². The van der Waals surface area contributed by atoms with Gasteiger partial charge in [0.25, 0.3) is 0 Å². The van der Waals surface area contributed by atoms with Gasteiger partial charge in [-0.3, -0.25) is 0 Å². The lowest BCUT2D eigenvalue weighted by Crippen LogP contribution is -2.39. The molecule has 0 radical (unpaired) electrons. The summed E-state index contributed by atoms with van der Waals surface area (Å²) in [5, 5.41) is 3.71. The lowest BCUT2D eigenvalue weighted by atomic mass is 9.96. The van der Waals surface area contributed by atoms with E-state index in [4.69, 9.17) is 4.74 Å². The second-order valence-corrected chi connectivity index (χ2v) is 6.24. The van der Waals surface area contributed by atoms with Gasteiger partial charge in [0.05, 0.1) is 7.11 Å². The fraction of sp³-hybridized carbons (Fsp3) is 0.667. The van der Waals surface area contributed by atoms with Gasteiger partial charge in [0, 0.05) is 6.04 Å². The highest BCUT2D eigenvalue weighted by molar-refractivity contribution is 5.27. The van der Waals surface area contributed by atoms with Crippen molar-refractivity contribution in [2.45, 2.75) is 39.2 Å². The highest BCUT2D eigenvalue weighted by Gasteiger charge is 2.18. The Bertz CT molecular complexity index is 396. The molecule has 21 heavy (non-hydrogen) atoms. The van der Waals surface area contributed by atoms with E-state index in [1.54, 1.807) is 7.11 Å². The van der Waals surface area contributed by atoms with Gasteiger partial charge in [-0.2, -0.15) is 0 Å². The van der Waals surface area contributed by atoms with Crippen molar-refractivity contribution < 1.29 is 4.74 Å². The summed E-state index contributed by atoms with van der Waals surface area (Å²) >= 11 is 0. The number of piperidine rings is 1. The third-order valence-corrected chi connectivity index (χ3v) is 4.61. The van der Waals surface area contributed by atoms with Crippen molar-refractivity contribution in [2.24, 2.45) is 5.92 Å². The number of nitrogens with zero attached hydrogens (tertiary/aromatic N) is 1. The molecular formula is C18H30N2O. The van der Waals surface area contributed by atoms with Crippen LogP contribution in [-0.2, 0) is 6.42 Å². The van der Waals surface area contributed by atoms with Crippen LogP contribution in [0.1, 0.15) is 32.3 Å². The van der Waals surface area contributed by atoms with Gasteiger partial charge in [0.15, 0.2) is 0 Å². The SMILES string of the molecule is CCN1CCC(CNC(C)Cc2ccc(OC)cc2)CC1. The fourth-order valence-electron chi connectivity index (χ4n) is 3.06. The number of hydrogen-bond acceptors (Lipinski definition) is 3. The van der Waals surface area contributed by atoms with Crippen LogP contribution in [0.4, 0.5) is 0 Å². The number of nitrogens with one attached hydrogen (secondary N) is 1. The second-order valence-electron chi connectivity index (χ2n) is 6.24. The molecule has 3 nitrogen and oxygen atoms in total. The Morgan fingerprint density at radius 2 is 1.90 bits per heavy atom. The lowest BCUT2D eigenvalue weighted by Gasteiger charge is -2.31. The molecule has 2 rings (SSSR count). The third-order valence-electron chi connectivity index (χ3n) is 4.61. The molecule has 1 N–H and O–H groups in total. The van der Waals surface area contributed by atoms with Gasteiger partial charge in [0.1, 0.15) is 5.75 Å². The lowest BCUT2D eigenvalue weighted by molar-refractivity contribution is 0.188. The Labute approximate surface area is 129 Å². The summed E-state index contributed by atoms with van der Waals surface area (Å²) in [5.41, 5.74) is 1.37. The molecule has 118 valence electrons. The Hall–Kier alpha value is -1.06. The van der Waals surface area contributed by atoms with Gasteiger partial charge in [-0.05, 0) is 76.0 Å². The molecule has 1 unspecified atom stereocenters. The van der Waals surface area contributed by atoms with E-state index < -0.39 is 0 Å². The van der Waals surface area contributed by atoms with Crippen LogP contribution in [0.2, 0.25) is 0 Å². The standard InChI is InChI=1S/C18H30N2O/c1-4-20-11-9-17(10-12-20)14-19-15(2)13-16-5-7-18(21-3)8-6-16/h5-8,15,17,19H,4,9-14H2,1-3H3. The zero-order chi connectivity index (χ0) is 15.1. The number of likely N-dealkylation sites (tertiary alicyclic amines) is 1. The first-order chi connectivity index (χ1) is 10.2. The van der Waals surface area contributed by atoms with Crippen LogP contribution < -0.4 is 10.1 Å². The van der Waals surface area contributed by atoms with Crippen LogP contribution in [0.3, 0.4) is 0 Å². The number of benzene rings is 1. The monoisotopic (exact) mass is 290 g/mol. The Morgan fingerprint density at radius 1 is 1.24 bits per heavy atom. The maximum Gasteiger partial charge on any atom is 0.118 e. The van der Waals surface area contributed by atoms with E-state index in [1.807, 2.05) is 12.1 Å². The summed E-state index contributed by atoms with van der Waals surface area (Å²) in [6, 6.07) is 8.95. The topological polar surface area (TPSA) is 24.5 Å². The van der Waals surface area contributed by atoms with Crippen LogP contribution in [0, 0.1) is 5.92 Å². The number of rotatable bonds is 7. The third kappa shape index (κ3) is 5.33. The summed E-state index contributed by atoms with van der Waals surface area (Å²) in [4.78, 5) is 2.55. The summed E-state index contributed by atoms with van der Waals surface area (Å²) < 4.78 is 5.20. The molecule has 1 fully saturated rings. The molecule has 1 aromatic rings. The van der Waals surface area contributed by atoms with Crippen LogP contribution in [0.5, 0.6) is 5.75 Å². The van der Waals surface area contributed by atoms with Gasteiger partial charge in [-0.15, -0.1) is 0 Å². The number of hydrogen-bond donors (Lipinski definition) is 1. The highest BCUT2D eigenvalue weighted by Crippen LogP contribution is 2.17. The van der Waals surface area contributed by atoms with E-state index in [9.17, 15) is 0 Å². The molecule has 0 aromatic heterocycles. The fourth-order valence-corrected chi connectivity index (χ4v) is 3.06. The summed E-state index contributed by atoms with van der Waals surface area (Å²) in [6.07, 6.45) is 3.77. The molecule has 0 saturated carbocycles. The minimum atomic E-state index is 0.530. The minimum Gasteiger partial charge on any atom is -0.497 e. The maximum atomic E-state index is 5.20.